The van der Waals surface area contributed by atoms with Gasteiger partial charge in [-0.3, -0.25) is 4.79 Å². The van der Waals surface area contributed by atoms with Crippen molar-refractivity contribution < 1.29 is 9.90 Å². The van der Waals surface area contributed by atoms with Gasteiger partial charge in [-0.15, -0.1) is 0 Å². The number of aromatic nitrogens is 1. The number of hydrogen-bond acceptors (Lipinski definition) is 2. The second-order valence-electron chi connectivity index (χ2n) is 7.28. The van der Waals surface area contributed by atoms with E-state index in [1.54, 1.807) is 0 Å². The Balaban J connectivity index is 1.49. The SMILES string of the molecule is O=C(Cn1ccc2ccc(Br)cc21)N1CC[C@]2(O)CCCC[C@@H]2C1. The maximum atomic E-state index is 12.8. The lowest BCUT2D eigenvalue weighted by atomic mass is 9.71. The molecule has 0 spiro atoms. The van der Waals surface area contributed by atoms with Crippen LogP contribution < -0.4 is 0 Å². The van der Waals surface area contributed by atoms with E-state index in [1.807, 2.05) is 27.8 Å². The van der Waals surface area contributed by atoms with E-state index in [1.165, 1.54) is 6.42 Å². The molecule has 4 rings (SSSR count). The molecule has 0 radical (unpaired) electrons. The average Bonchev–Trinajstić information content (AvgIpc) is 2.96. The van der Waals surface area contributed by atoms with E-state index >= 15 is 0 Å². The van der Waals surface area contributed by atoms with E-state index in [2.05, 4.69) is 28.1 Å². The van der Waals surface area contributed by atoms with E-state index in [-0.39, 0.29) is 11.8 Å². The van der Waals surface area contributed by atoms with Gasteiger partial charge in [0.05, 0.1) is 5.60 Å². The highest BCUT2D eigenvalue weighted by Crippen LogP contribution is 2.39. The smallest absolute Gasteiger partial charge is 0.242 e. The van der Waals surface area contributed by atoms with Crippen molar-refractivity contribution in [3.05, 3.63) is 34.9 Å². The van der Waals surface area contributed by atoms with Crippen LogP contribution in [0.5, 0.6) is 0 Å². The summed E-state index contributed by atoms with van der Waals surface area (Å²) in [6.07, 6.45) is 6.93. The van der Waals surface area contributed by atoms with Gasteiger partial charge in [0.2, 0.25) is 5.91 Å². The monoisotopic (exact) mass is 390 g/mol. The summed E-state index contributed by atoms with van der Waals surface area (Å²) in [5.41, 5.74) is 0.545. The summed E-state index contributed by atoms with van der Waals surface area (Å²) in [5.74, 6) is 0.402. The quantitative estimate of drug-likeness (QED) is 0.851. The van der Waals surface area contributed by atoms with Crippen LogP contribution in [0.2, 0.25) is 0 Å². The Kier molecular flexibility index (Phi) is 4.17. The highest BCUT2D eigenvalue weighted by Gasteiger charge is 2.43. The molecule has 0 bridgehead atoms. The maximum Gasteiger partial charge on any atom is 0.242 e. The van der Waals surface area contributed by atoms with Crippen LogP contribution in [0.4, 0.5) is 0 Å². The predicted molar refractivity (Wildman–Crippen MR) is 97.7 cm³/mol. The molecular weight excluding hydrogens is 368 g/mol. The number of aliphatic hydroxyl groups is 1. The molecular formula is C19H23BrN2O2. The van der Waals surface area contributed by atoms with Crippen LogP contribution in [-0.4, -0.2) is 39.2 Å². The molecule has 1 amide bonds. The summed E-state index contributed by atoms with van der Waals surface area (Å²) in [5, 5.41) is 11.9. The van der Waals surface area contributed by atoms with Crippen molar-refractivity contribution in [2.75, 3.05) is 13.1 Å². The van der Waals surface area contributed by atoms with E-state index in [9.17, 15) is 9.90 Å². The summed E-state index contributed by atoms with van der Waals surface area (Å²) >= 11 is 3.50. The lowest BCUT2D eigenvalue weighted by molar-refractivity contribution is -0.143. The molecule has 5 heteroatoms. The number of amides is 1. The Hall–Kier alpha value is -1.33. The van der Waals surface area contributed by atoms with E-state index in [0.29, 0.717) is 19.6 Å². The van der Waals surface area contributed by atoms with Crippen LogP contribution in [-0.2, 0) is 11.3 Å². The summed E-state index contributed by atoms with van der Waals surface area (Å²) in [6, 6.07) is 8.18. The molecule has 2 heterocycles. The van der Waals surface area contributed by atoms with Gasteiger partial charge in [-0.25, -0.2) is 0 Å². The molecule has 0 unspecified atom stereocenters. The third-order valence-electron chi connectivity index (χ3n) is 5.82. The molecule has 1 aliphatic heterocycles. The minimum absolute atomic E-state index is 0.153. The lowest BCUT2D eigenvalue weighted by Gasteiger charge is -2.47. The van der Waals surface area contributed by atoms with Crippen molar-refractivity contribution in [1.29, 1.82) is 0 Å². The molecule has 2 atom stereocenters. The number of nitrogens with zero attached hydrogens (tertiary/aromatic N) is 2. The van der Waals surface area contributed by atoms with Gasteiger partial charge in [0, 0.05) is 35.2 Å². The second kappa shape index (κ2) is 6.19. The minimum atomic E-state index is -0.528. The first kappa shape index (κ1) is 16.2. The molecule has 1 aliphatic carbocycles. The number of halogens is 1. The van der Waals surface area contributed by atoms with Gasteiger partial charge in [0.1, 0.15) is 6.54 Å². The zero-order valence-corrected chi connectivity index (χ0v) is 15.3. The van der Waals surface area contributed by atoms with Gasteiger partial charge in [0.25, 0.3) is 0 Å². The minimum Gasteiger partial charge on any atom is -0.389 e. The summed E-state index contributed by atoms with van der Waals surface area (Å²) in [7, 11) is 0. The topological polar surface area (TPSA) is 45.5 Å². The standard InChI is InChI=1S/C19H23BrN2O2/c20-16-5-4-14-6-9-21(17(14)11-16)13-18(23)22-10-8-19(24)7-2-1-3-15(19)12-22/h4-6,9,11,15,24H,1-3,7-8,10,12-13H2/t15-,19-/m1/s1. The number of likely N-dealkylation sites (tertiary alicyclic amines) is 1. The first-order valence-corrected chi connectivity index (χ1v) is 9.59. The zero-order valence-electron chi connectivity index (χ0n) is 13.7. The number of benzene rings is 1. The number of piperidine rings is 1. The second-order valence-corrected chi connectivity index (χ2v) is 8.20. The summed E-state index contributed by atoms with van der Waals surface area (Å²) < 4.78 is 3.04. The summed E-state index contributed by atoms with van der Waals surface area (Å²) in [4.78, 5) is 14.7. The molecule has 4 nitrogen and oxygen atoms in total. The Morgan fingerprint density at radius 3 is 3.04 bits per heavy atom. The van der Waals surface area contributed by atoms with Crippen LogP contribution in [0.1, 0.15) is 32.1 Å². The van der Waals surface area contributed by atoms with E-state index < -0.39 is 5.60 Å². The van der Waals surface area contributed by atoms with Crippen LogP contribution in [0.3, 0.4) is 0 Å². The van der Waals surface area contributed by atoms with Crippen molar-refractivity contribution in [3.8, 4) is 0 Å². The average molecular weight is 391 g/mol. The van der Waals surface area contributed by atoms with Gasteiger partial charge in [-0.2, -0.15) is 0 Å². The molecule has 1 aromatic carbocycles. The lowest BCUT2D eigenvalue weighted by Crippen LogP contribution is -2.55. The highest BCUT2D eigenvalue weighted by atomic mass is 79.9. The first-order chi connectivity index (χ1) is 11.5. The largest absolute Gasteiger partial charge is 0.389 e. The maximum absolute atomic E-state index is 12.8. The van der Waals surface area contributed by atoms with Crippen molar-refractivity contribution in [2.24, 2.45) is 5.92 Å². The molecule has 24 heavy (non-hydrogen) atoms. The van der Waals surface area contributed by atoms with Crippen LogP contribution in [0.15, 0.2) is 34.9 Å². The Morgan fingerprint density at radius 2 is 2.17 bits per heavy atom. The third-order valence-corrected chi connectivity index (χ3v) is 6.32. The number of hydrogen-bond donors (Lipinski definition) is 1. The Morgan fingerprint density at radius 1 is 1.29 bits per heavy atom. The Labute approximate surface area is 150 Å². The van der Waals surface area contributed by atoms with E-state index in [0.717, 1.165) is 41.1 Å². The molecule has 2 aromatic rings. The summed E-state index contributed by atoms with van der Waals surface area (Å²) in [6.45, 7) is 1.75. The number of carbonyl (C=O) groups excluding carboxylic acids is 1. The molecule has 1 N–H and O–H groups in total. The fourth-order valence-corrected chi connectivity index (χ4v) is 4.69. The normalized spacial score (nSPS) is 27.2. The number of fused-ring (bicyclic) bond motifs is 2. The van der Waals surface area contributed by atoms with Crippen molar-refractivity contribution in [2.45, 2.75) is 44.2 Å². The predicted octanol–water partition coefficient (Wildman–Crippen LogP) is 3.56. The van der Waals surface area contributed by atoms with Crippen molar-refractivity contribution in [3.63, 3.8) is 0 Å². The van der Waals surface area contributed by atoms with Gasteiger partial charge in [-0.05, 0) is 42.8 Å². The molecule has 1 saturated carbocycles. The molecule has 1 aromatic heterocycles. The van der Waals surface area contributed by atoms with Gasteiger partial charge < -0.3 is 14.6 Å². The van der Waals surface area contributed by atoms with Gasteiger partial charge >= 0.3 is 0 Å². The van der Waals surface area contributed by atoms with Gasteiger partial charge in [-0.1, -0.05) is 34.8 Å². The zero-order chi connectivity index (χ0) is 16.7. The van der Waals surface area contributed by atoms with Crippen molar-refractivity contribution >= 4 is 32.7 Å². The highest BCUT2D eigenvalue weighted by molar-refractivity contribution is 9.10. The fraction of sp³-hybridized carbons (Fsp3) is 0.526. The third kappa shape index (κ3) is 2.88. The molecule has 128 valence electrons. The first-order valence-electron chi connectivity index (χ1n) is 8.80. The van der Waals surface area contributed by atoms with Crippen LogP contribution in [0.25, 0.3) is 10.9 Å². The van der Waals surface area contributed by atoms with Crippen LogP contribution in [0, 0.1) is 5.92 Å². The number of rotatable bonds is 2. The molecule has 1 saturated heterocycles. The van der Waals surface area contributed by atoms with Gasteiger partial charge in [0.15, 0.2) is 0 Å². The molecule has 2 aliphatic rings. The van der Waals surface area contributed by atoms with Crippen LogP contribution >= 0.6 is 15.9 Å². The Bertz CT molecular complexity index is 772. The molecule has 2 fully saturated rings. The number of carbonyl (C=O) groups is 1. The van der Waals surface area contributed by atoms with Crippen molar-refractivity contribution in [1.82, 2.24) is 9.47 Å². The van der Waals surface area contributed by atoms with E-state index in [4.69, 9.17) is 0 Å². The fourth-order valence-electron chi connectivity index (χ4n) is 4.34.